The predicted octanol–water partition coefficient (Wildman–Crippen LogP) is 0.389. The Labute approximate surface area is 105 Å². The van der Waals surface area contributed by atoms with Gasteiger partial charge in [0.15, 0.2) is 0 Å². The second-order valence-electron chi connectivity index (χ2n) is 5.30. The molecule has 2 aliphatic heterocycles. The molecule has 1 N–H and O–H groups in total. The predicted molar refractivity (Wildman–Crippen MR) is 70.4 cm³/mol. The first-order valence-electron chi connectivity index (χ1n) is 6.99. The molecule has 0 radical (unpaired) electrons. The smallest absolute Gasteiger partial charge is 0.0637 e. The van der Waals surface area contributed by atoms with Gasteiger partial charge in [0.25, 0.3) is 0 Å². The largest absolute Gasteiger partial charge is 0.380 e. The molecule has 0 aliphatic carbocycles. The number of ether oxygens (including phenoxy) is 1. The fourth-order valence-electron chi connectivity index (χ4n) is 3.21. The summed E-state index contributed by atoms with van der Waals surface area (Å²) in [7, 11) is 2.08. The molecule has 0 aromatic carbocycles. The van der Waals surface area contributed by atoms with Crippen LogP contribution in [0.1, 0.15) is 20.3 Å². The molecule has 3 unspecified atom stereocenters. The molecular weight excluding hydrogens is 214 g/mol. The second-order valence-corrected chi connectivity index (χ2v) is 5.30. The quantitative estimate of drug-likeness (QED) is 0.773. The van der Waals surface area contributed by atoms with E-state index in [0.717, 1.165) is 19.6 Å². The zero-order valence-electron chi connectivity index (χ0n) is 11.5. The van der Waals surface area contributed by atoms with Crippen LogP contribution < -0.4 is 5.32 Å². The summed E-state index contributed by atoms with van der Waals surface area (Å²) in [6, 6.07) is 1.84. The van der Waals surface area contributed by atoms with Gasteiger partial charge in [-0.2, -0.15) is 0 Å². The van der Waals surface area contributed by atoms with Gasteiger partial charge in [0, 0.05) is 44.4 Å². The minimum atomic E-state index is 0.565. The Morgan fingerprint density at radius 2 is 2.18 bits per heavy atom. The fraction of sp³-hybridized carbons (Fsp3) is 1.00. The Hall–Kier alpha value is -0.160. The molecule has 0 saturated carbocycles. The zero-order valence-corrected chi connectivity index (χ0v) is 11.5. The molecular formula is C13H27N3O. The van der Waals surface area contributed by atoms with Crippen LogP contribution in [0.3, 0.4) is 0 Å². The molecule has 4 heteroatoms. The van der Waals surface area contributed by atoms with E-state index in [1.807, 2.05) is 0 Å². The summed E-state index contributed by atoms with van der Waals surface area (Å²) in [4.78, 5) is 5.19. The average molecular weight is 241 g/mol. The summed E-state index contributed by atoms with van der Waals surface area (Å²) >= 11 is 0. The van der Waals surface area contributed by atoms with E-state index in [4.69, 9.17) is 4.74 Å². The Balaban J connectivity index is 1.93. The number of rotatable bonds is 3. The van der Waals surface area contributed by atoms with E-state index in [9.17, 15) is 0 Å². The van der Waals surface area contributed by atoms with Gasteiger partial charge in [-0.1, -0.05) is 6.92 Å². The van der Waals surface area contributed by atoms with Crippen LogP contribution in [0.15, 0.2) is 0 Å². The van der Waals surface area contributed by atoms with Crippen molar-refractivity contribution in [1.29, 1.82) is 0 Å². The number of likely N-dealkylation sites (N-methyl/N-ethyl adjacent to an activating group) is 2. The van der Waals surface area contributed by atoms with Crippen LogP contribution in [-0.4, -0.2) is 74.4 Å². The van der Waals surface area contributed by atoms with Crippen molar-refractivity contribution in [3.63, 3.8) is 0 Å². The summed E-state index contributed by atoms with van der Waals surface area (Å²) in [5.74, 6) is 0. The van der Waals surface area contributed by atoms with E-state index in [-0.39, 0.29) is 0 Å². The number of piperazine rings is 1. The van der Waals surface area contributed by atoms with Crippen molar-refractivity contribution in [2.45, 2.75) is 38.4 Å². The first-order chi connectivity index (χ1) is 8.26. The number of hydrogen-bond donors (Lipinski definition) is 1. The minimum Gasteiger partial charge on any atom is -0.380 e. The molecule has 2 fully saturated rings. The van der Waals surface area contributed by atoms with Gasteiger partial charge in [0.1, 0.15) is 0 Å². The summed E-state index contributed by atoms with van der Waals surface area (Å²) in [5.41, 5.74) is 0. The number of nitrogens with zero attached hydrogens (tertiary/aromatic N) is 2. The standard InChI is InChI=1S/C13H27N3O/c1-4-15-6-7-16(9-11(15)2)13-10-17-8-5-12(13)14-3/h11-14H,4-10H2,1-3H3. The van der Waals surface area contributed by atoms with Gasteiger partial charge in [0.2, 0.25) is 0 Å². The average Bonchev–Trinajstić information content (AvgIpc) is 2.38. The minimum absolute atomic E-state index is 0.565. The van der Waals surface area contributed by atoms with Gasteiger partial charge >= 0.3 is 0 Å². The number of hydrogen-bond acceptors (Lipinski definition) is 4. The maximum atomic E-state index is 5.66. The van der Waals surface area contributed by atoms with Gasteiger partial charge < -0.3 is 10.1 Å². The van der Waals surface area contributed by atoms with E-state index in [1.54, 1.807) is 0 Å². The van der Waals surface area contributed by atoms with Crippen LogP contribution in [0.4, 0.5) is 0 Å². The molecule has 2 heterocycles. The van der Waals surface area contributed by atoms with E-state index in [0.29, 0.717) is 18.1 Å². The van der Waals surface area contributed by atoms with Crippen molar-refractivity contribution in [3.8, 4) is 0 Å². The van der Waals surface area contributed by atoms with Crippen molar-refractivity contribution in [3.05, 3.63) is 0 Å². The maximum Gasteiger partial charge on any atom is 0.0637 e. The fourth-order valence-corrected chi connectivity index (χ4v) is 3.21. The van der Waals surface area contributed by atoms with Crippen LogP contribution in [0.5, 0.6) is 0 Å². The third-order valence-electron chi connectivity index (χ3n) is 4.37. The molecule has 0 aromatic heterocycles. The Bertz CT molecular complexity index is 237. The van der Waals surface area contributed by atoms with Gasteiger partial charge in [-0.15, -0.1) is 0 Å². The highest BCUT2D eigenvalue weighted by atomic mass is 16.5. The van der Waals surface area contributed by atoms with Gasteiger partial charge in [-0.3, -0.25) is 9.80 Å². The lowest BCUT2D eigenvalue weighted by atomic mass is 10.00. The highest BCUT2D eigenvalue weighted by Gasteiger charge is 2.33. The topological polar surface area (TPSA) is 27.7 Å². The number of nitrogens with one attached hydrogen (secondary N) is 1. The molecule has 0 amide bonds. The molecule has 2 saturated heterocycles. The highest BCUT2D eigenvalue weighted by Crippen LogP contribution is 2.18. The maximum absolute atomic E-state index is 5.66. The Kier molecular flexibility index (Phi) is 4.79. The molecule has 2 rings (SSSR count). The first kappa shape index (κ1) is 13.3. The van der Waals surface area contributed by atoms with Crippen molar-refractivity contribution in [2.75, 3.05) is 46.4 Å². The molecule has 2 aliphatic rings. The lowest BCUT2D eigenvalue weighted by Crippen LogP contribution is -2.61. The van der Waals surface area contributed by atoms with Crippen molar-refractivity contribution in [1.82, 2.24) is 15.1 Å². The third-order valence-corrected chi connectivity index (χ3v) is 4.37. The van der Waals surface area contributed by atoms with E-state index in [2.05, 4.69) is 36.0 Å². The summed E-state index contributed by atoms with van der Waals surface area (Å²) in [6.07, 6.45) is 1.14. The molecule has 0 spiro atoms. The van der Waals surface area contributed by atoms with Gasteiger partial charge in [-0.25, -0.2) is 0 Å². The normalized spacial score (nSPS) is 37.2. The van der Waals surface area contributed by atoms with Gasteiger partial charge in [-0.05, 0) is 26.9 Å². The molecule has 100 valence electrons. The molecule has 4 nitrogen and oxygen atoms in total. The molecule has 0 aromatic rings. The summed E-state index contributed by atoms with van der Waals surface area (Å²) in [5, 5.41) is 3.46. The zero-order chi connectivity index (χ0) is 12.3. The first-order valence-corrected chi connectivity index (χ1v) is 6.99. The Morgan fingerprint density at radius 1 is 1.35 bits per heavy atom. The van der Waals surface area contributed by atoms with Crippen LogP contribution in [0, 0.1) is 0 Å². The van der Waals surface area contributed by atoms with Crippen molar-refractivity contribution < 1.29 is 4.74 Å². The van der Waals surface area contributed by atoms with Crippen molar-refractivity contribution in [2.24, 2.45) is 0 Å². The lowest BCUT2D eigenvalue weighted by molar-refractivity contribution is -0.0294. The van der Waals surface area contributed by atoms with Crippen LogP contribution >= 0.6 is 0 Å². The van der Waals surface area contributed by atoms with E-state index in [1.165, 1.54) is 26.2 Å². The van der Waals surface area contributed by atoms with Crippen LogP contribution in [-0.2, 0) is 4.74 Å². The lowest BCUT2D eigenvalue weighted by Gasteiger charge is -2.46. The Morgan fingerprint density at radius 3 is 2.82 bits per heavy atom. The van der Waals surface area contributed by atoms with E-state index >= 15 is 0 Å². The molecule has 17 heavy (non-hydrogen) atoms. The monoisotopic (exact) mass is 241 g/mol. The second kappa shape index (κ2) is 6.14. The van der Waals surface area contributed by atoms with Crippen molar-refractivity contribution >= 4 is 0 Å². The third kappa shape index (κ3) is 2.99. The summed E-state index contributed by atoms with van der Waals surface area (Å²) < 4.78 is 5.66. The molecule has 3 atom stereocenters. The van der Waals surface area contributed by atoms with Crippen LogP contribution in [0.2, 0.25) is 0 Å². The van der Waals surface area contributed by atoms with Gasteiger partial charge in [0.05, 0.1) is 6.61 Å². The molecule has 0 bridgehead atoms. The highest BCUT2D eigenvalue weighted by molar-refractivity contribution is 4.90. The van der Waals surface area contributed by atoms with Crippen LogP contribution in [0.25, 0.3) is 0 Å². The SMILES string of the molecule is CCN1CCN(C2COCCC2NC)CC1C. The van der Waals surface area contributed by atoms with E-state index < -0.39 is 0 Å². The summed E-state index contributed by atoms with van der Waals surface area (Å²) in [6.45, 7) is 11.1.